The van der Waals surface area contributed by atoms with Crippen molar-refractivity contribution in [3.05, 3.63) is 95.8 Å². The number of hydrogen-bond acceptors (Lipinski definition) is 2. The van der Waals surface area contributed by atoms with Gasteiger partial charge in [0.15, 0.2) is 0 Å². The summed E-state index contributed by atoms with van der Waals surface area (Å²) >= 11 is 0. The molecule has 1 fully saturated rings. The lowest BCUT2D eigenvalue weighted by atomic mass is 9.95. The average Bonchev–Trinajstić information content (AvgIpc) is 3.60. The zero-order chi connectivity index (χ0) is 23.2. The summed E-state index contributed by atoms with van der Waals surface area (Å²) in [5, 5.41) is 0. The van der Waals surface area contributed by atoms with Crippen LogP contribution in [0.15, 0.2) is 79.0 Å². The van der Waals surface area contributed by atoms with E-state index in [4.69, 9.17) is 0 Å². The molecule has 4 rings (SSSR count). The van der Waals surface area contributed by atoms with Crippen LogP contribution in [0.3, 0.4) is 0 Å². The Morgan fingerprint density at radius 3 is 2.18 bits per heavy atom. The van der Waals surface area contributed by atoms with Crippen molar-refractivity contribution >= 4 is 11.8 Å². The van der Waals surface area contributed by atoms with E-state index in [1.54, 1.807) is 0 Å². The van der Waals surface area contributed by atoms with Crippen molar-refractivity contribution in [1.82, 2.24) is 14.4 Å². The van der Waals surface area contributed by atoms with Gasteiger partial charge in [-0.3, -0.25) is 9.59 Å². The number of aryl methyl sites for hydroxylation is 1. The van der Waals surface area contributed by atoms with E-state index in [0.29, 0.717) is 13.1 Å². The Kier molecular flexibility index (Phi) is 7.28. The SMILES string of the molecule is CCC(C(=O)N(CC(=O)N(Cc1ccccc1)Cc1cccn1C)C1CC1)c1ccccc1. The van der Waals surface area contributed by atoms with E-state index >= 15 is 0 Å². The number of hydrogen-bond donors (Lipinski definition) is 0. The molecule has 1 atom stereocenters. The fourth-order valence-electron chi connectivity index (χ4n) is 4.35. The molecule has 3 aromatic rings. The predicted octanol–water partition coefficient (Wildman–Crippen LogP) is 4.74. The zero-order valence-electron chi connectivity index (χ0n) is 19.6. The maximum Gasteiger partial charge on any atom is 0.242 e. The van der Waals surface area contributed by atoms with Crippen LogP contribution in [0.1, 0.15) is 48.9 Å². The number of benzene rings is 2. The quantitative estimate of drug-likeness (QED) is 0.454. The molecule has 0 N–H and O–H groups in total. The predicted molar refractivity (Wildman–Crippen MR) is 130 cm³/mol. The van der Waals surface area contributed by atoms with Crippen LogP contribution < -0.4 is 0 Å². The molecule has 1 aromatic heterocycles. The van der Waals surface area contributed by atoms with Crippen molar-refractivity contribution in [1.29, 1.82) is 0 Å². The second-order valence-electron chi connectivity index (χ2n) is 8.91. The molecule has 1 aliphatic rings. The lowest BCUT2D eigenvalue weighted by Crippen LogP contribution is -2.45. The fourth-order valence-corrected chi connectivity index (χ4v) is 4.35. The summed E-state index contributed by atoms with van der Waals surface area (Å²) in [6.45, 7) is 3.21. The lowest BCUT2D eigenvalue weighted by Gasteiger charge is -2.30. The van der Waals surface area contributed by atoms with E-state index in [1.165, 1.54) is 0 Å². The van der Waals surface area contributed by atoms with Gasteiger partial charge >= 0.3 is 0 Å². The summed E-state index contributed by atoms with van der Waals surface area (Å²) < 4.78 is 2.04. The first-order valence-electron chi connectivity index (χ1n) is 11.8. The molecule has 1 unspecified atom stereocenters. The smallest absolute Gasteiger partial charge is 0.242 e. The number of rotatable bonds is 10. The third kappa shape index (κ3) is 5.72. The maximum absolute atomic E-state index is 13.6. The molecule has 172 valence electrons. The van der Waals surface area contributed by atoms with Gasteiger partial charge in [0.1, 0.15) is 6.54 Å². The zero-order valence-corrected chi connectivity index (χ0v) is 19.6. The number of carbonyl (C=O) groups excluding carboxylic acids is 2. The number of carbonyl (C=O) groups is 2. The van der Waals surface area contributed by atoms with Crippen molar-refractivity contribution in [3.63, 3.8) is 0 Å². The number of nitrogens with zero attached hydrogens (tertiary/aromatic N) is 3. The van der Waals surface area contributed by atoms with Crippen LogP contribution in [0.5, 0.6) is 0 Å². The first-order chi connectivity index (χ1) is 16.1. The van der Waals surface area contributed by atoms with E-state index < -0.39 is 0 Å². The molecule has 0 spiro atoms. The maximum atomic E-state index is 13.6. The summed E-state index contributed by atoms with van der Waals surface area (Å²) in [5.74, 6) is -0.156. The molecule has 5 nitrogen and oxygen atoms in total. The van der Waals surface area contributed by atoms with Gasteiger partial charge in [0, 0.05) is 31.5 Å². The molecule has 0 saturated heterocycles. The minimum atomic E-state index is -0.213. The van der Waals surface area contributed by atoms with E-state index in [-0.39, 0.29) is 30.3 Å². The highest BCUT2D eigenvalue weighted by atomic mass is 16.2. The Balaban J connectivity index is 1.54. The average molecular weight is 444 g/mol. The van der Waals surface area contributed by atoms with Crippen LogP contribution in [-0.2, 0) is 29.7 Å². The molecule has 0 radical (unpaired) electrons. The van der Waals surface area contributed by atoms with Crippen molar-refractivity contribution in [2.45, 2.75) is 51.2 Å². The molecule has 1 heterocycles. The Bertz CT molecular complexity index is 1060. The largest absolute Gasteiger partial charge is 0.353 e. The van der Waals surface area contributed by atoms with Crippen LogP contribution in [0.4, 0.5) is 0 Å². The van der Waals surface area contributed by atoms with E-state index in [9.17, 15) is 9.59 Å². The number of aromatic nitrogens is 1. The Morgan fingerprint density at radius 1 is 0.939 bits per heavy atom. The van der Waals surface area contributed by atoms with Gasteiger partial charge in [-0.25, -0.2) is 0 Å². The molecule has 1 saturated carbocycles. The monoisotopic (exact) mass is 443 g/mol. The van der Waals surface area contributed by atoms with Crippen molar-refractivity contribution < 1.29 is 9.59 Å². The summed E-state index contributed by atoms with van der Waals surface area (Å²) in [5.41, 5.74) is 3.17. The van der Waals surface area contributed by atoms with Crippen molar-refractivity contribution in [2.75, 3.05) is 6.54 Å². The summed E-state index contributed by atoms with van der Waals surface area (Å²) in [4.78, 5) is 30.9. The van der Waals surface area contributed by atoms with Crippen molar-refractivity contribution in [3.8, 4) is 0 Å². The minimum absolute atomic E-state index is 0.0109. The van der Waals surface area contributed by atoms with Crippen molar-refractivity contribution in [2.24, 2.45) is 7.05 Å². The second kappa shape index (κ2) is 10.5. The minimum Gasteiger partial charge on any atom is -0.353 e. The van der Waals surface area contributed by atoms with Crippen LogP contribution in [0, 0.1) is 0 Å². The Labute approximate surface area is 196 Å². The standard InChI is InChI=1S/C28H33N3O2/c1-3-26(23-13-8-5-9-14-23)28(33)31(24-16-17-24)21-27(32)30(19-22-11-6-4-7-12-22)20-25-15-10-18-29(25)2/h4-15,18,24,26H,3,16-17,19-21H2,1-2H3. The number of amides is 2. The highest BCUT2D eigenvalue weighted by Crippen LogP contribution is 2.31. The van der Waals surface area contributed by atoms with Crippen LogP contribution >= 0.6 is 0 Å². The van der Waals surface area contributed by atoms with Gasteiger partial charge in [-0.15, -0.1) is 0 Å². The van der Waals surface area contributed by atoms with Crippen LogP contribution in [-0.4, -0.2) is 38.8 Å². The summed E-state index contributed by atoms with van der Waals surface area (Å²) in [6.07, 6.45) is 4.66. The molecule has 0 aliphatic heterocycles. The first-order valence-corrected chi connectivity index (χ1v) is 11.8. The third-order valence-corrected chi connectivity index (χ3v) is 6.46. The van der Waals surface area contributed by atoms with Gasteiger partial charge in [0.05, 0.1) is 12.5 Å². The van der Waals surface area contributed by atoms with E-state index in [0.717, 1.165) is 36.1 Å². The van der Waals surface area contributed by atoms with Gasteiger partial charge in [0.2, 0.25) is 11.8 Å². The van der Waals surface area contributed by atoms with Gasteiger partial charge in [-0.1, -0.05) is 67.6 Å². The summed E-state index contributed by atoms with van der Waals surface area (Å²) in [7, 11) is 1.99. The Hall–Kier alpha value is -3.34. The first kappa shape index (κ1) is 22.8. The van der Waals surface area contributed by atoms with E-state index in [2.05, 4.69) is 0 Å². The van der Waals surface area contributed by atoms with Gasteiger partial charge in [-0.2, -0.15) is 0 Å². The molecule has 2 aromatic carbocycles. The molecule has 5 heteroatoms. The fraction of sp³-hybridized carbons (Fsp3) is 0.357. The van der Waals surface area contributed by atoms with Gasteiger partial charge < -0.3 is 14.4 Å². The normalized spacial score (nSPS) is 14.0. The topological polar surface area (TPSA) is 45.6 Å². The lowest BCUT2D eigenvalue weighted by molar-refractivity contribution is -0.142. The van der Waals surface area contributed by atoms with Gasteiger partial charge in [-0.05, 0) is 42.5 Å². The summed E-state index contributed by atoms with van der Waals surface area (Å²) in [6, 6.07) is 24.2. The molecule has 2 amide bonds. The molecule has 0 bridgehead atoms. The molecule has 1 aliphatic carbocycles. The van der Waals surface area contributed by atoms with Crippen LogP contribution in [0.2, 0.25) is 0 Å². The Morgan fingerprint density at radius 2 is 1.61 bits per heavy atom. The third-order valence-electron chi connectivity index (χ3n) is 6.46. The van der Waals surface area contributed by atoms with Crippen LogP contribution in [0.25, 0.3) is 0 Å². The molecular formula is C28H33N3O2. The highest BCUT2D eigenvalue weighted by molar-refractivity contribution is 5.89. The molecular weight excluding hydrogens is 410 g/mol. The van der Waals surface area contributed by atoms with E-state index in [1.807, 2.05) is 107 Å². The highest BCUT2D eigenvalue weighted by Gasteiger charge is 2.37. The molecule has 33 heavy (non-hydrogen) atoms. The second-order valence-corrected chi connectivity index (χ2v) is 8.91. The van der Waals surface area contributed by atoms with Gasteiger partial charge in [0.25, 0.3) is 0 Å².